The zero-order chi connectivity index (χ0) is 28.7. The van der Waals surface area contributed by atoms with Crippen molar-refractivity contribution < 1.29 is 39.1 Å². The number of unbranched alkanes of at least 4 members (excludes halogenated alkanes) is 8. The highest BCUT2D eigenvalue weighted by Gasteiger charge is 2.88. The Morgan fingerprint density at radius 2 is 1.70 bits per heavy atom. The Bertz CT molecular complexity index is 1090. The summed E-state index contributed by atoms with van der Waals surface area (Å²) in [5.41, 5.74) is -4.36. The third kappa shape index (κ3) is 3.60. The lowest BCUT2D eigenvalue weighted by Gasteiger charge is -2.59. The van der Waals surface area contributed by atoms with E-state index in [4.69, 9.17) is 18.9 Å². The van der Waals surface area contributed by atoms with Gasteiger partial charge >= 0.3 is 0 Å². The summed E-state index contributed by atoms with van der Waals surface area (Å²) >= 11 is 0. The van der Waals surface area contributed by atoms with Gasteiger partial charge in [-0.25, -0.2) is 0 Å². The first-order chi connectivity index (χ1) is 19.0. The summed E-state index contributed by atoms with van der Waals surface area (Å²) in [7, 11) is 0. The molecule has 0 amide bonds. The minimum atomic E-state index is -2.18. The Kier molecular flexibility index (Phi) is 7.02. The summed E-state index contributed by atoms with van der Waals surface area (Å²) in [6.45, 7) is 11.7. The average Bonchev–Trinajstić information content (AvgIpc) is 3.56. The van der Waals surface area contributed by atoms with Gasteiger partial charge in [0.2, 0.25) is 0 Å². The summed E-state index contributed by atoms with van der Waals surface area (Å²) in [5.74, 6) is -3.38. The normalized spacial score (nSPS) is 49.8. The highest BCUT2D eigenvalue weighted by Crippen LogP contribution is 2.73. The SMILES string of the molecule is C=C(C)[C@]12C[C@@H](C)[C@@]34O[C@](CCCCCCCCCCC)(O[C@@H]1[C@@H]3[C@H]1O[C@]1(CO)[C@@H](O)[C@]1(O)C(=O)C(C)=C[C@@H]14)O2. The number of aliphatic hydroxyl groups excluding tert-OH is 2. The molecule has 40 heavy (non-hydrogen) atoms. The van der Waals surface area contributed by atoms with E-state index in [-0.39, 0.29) is 5.92 Å². The summed E-state index contributed by atoms with van der Waals surface area (Å²) < 4.78 is 26.8. The summed E-state index contributed by atoms with van der Waals surface area (Å²) in [5, 5.41) is 34.2. The molecular formula is C32H48O8. The number of hydrogen-bond donors (Lipinski definition) is 3. The first-order valence-corrected chi connectivity index (χ1v) is 15.7. The van der Waals surface area contributed by atoms with E-state index in [1.807, 2.05) is 6.92 Å². The topological polar surface area (TPSA) is 118 Å². The van der Waals surface area contributed by atoms with Gasteiger partial charge in [0.1, 0.15) is 29.5 Å². The zero-order valence-electron chi connectivity index (χ0n) is 24.6. The third-order valence-corrected chi connectivity index (χ3v) is 11.3. The first kappa shape index (κ1) is 29.0. The summed E-state index contributed by atoms with van der Waals surface area (Å²) in [6.07, 6.45) is 10.7. The van der Waals surface area contributed by atoms with Crippen LogP contribution in [0.4, 0.5) is 0 Å². The number of ether oxygens (including phenoxy) is 4. The Hall–Kier alpha value is -1.13. The van der Waals surface area contributed by atoms with Crippen LogP contribution < -0.4 is 0 Å². The molecule has 0 unspecified atom stereocenters. The van der Waals surface area contributed by atoms with Gasteiger partial charge in [0, 0.05) is 18.3 Å². The Morgan fingerprint density at radius 1 is 1.05 bits per heavy atom. The molecule has 0 spiro atoms. The van der Waals surface area contributed by atoms with Crippen LogP contribution in [0.1, 0.15) is 98.3 Å². The number of aliphatic hydroxyl groups is 3. The molecule has 0 aromatic rings. The molecule has 0 aromatic heterocycles. The molecule has 3 aliphatic carbocycles. The second-order valence-electron chi connectivity index (χ2n) is 13.7. The molecule has 2 saturated carbocycles. The summed E-state index contributed by atoms with van der Waals surface area (Å²) in [4.78, 5) is 13.5. The third-order valence-electron chi connectivity index (χ3n) is 11.3. The number of epoxide rings is 1. The fourth-order valence-corrected chi connectivity index (χ4v) is 9.19. The zero-order valence-corrected chi connectivity index (χ0v) is 24.6. The maximum absolute atomic E-state index is 13.5. The van der Waals surface area contributed by atoms with Gasteiger partial charge in [0.25, 0.3) is 5.97 Å². The molecule has 11 atom stereocenters. The maximum Gasteiger partial charge on any atom is 0.284 e. The number of fused-ring (bicyclic) bond motifs is 3. The van der Waals surface area contributed by atoms with Gasteiger partial charge in [0.15, 0.2) is 11.4 Å². The highest BCUT2D eigenvalue weighted by molar-refractivity contribution is 6.05. The van der Waals surface area contributed by atoms with Crippen molar-refractivity contribution >= 4 is 5.78 Å². The van der Waals surface area contributed by atoms with Crippen molar-refractivity contribution in [2.24, 2.45) is 17.8 Å². The molecule has 3 N–H and O–H groups in total. The number of hydrogen-bond acceptors (Lipinski definition) is 8. The standard InChI is InChI=1S/C32H48O8/c1-6-7-8-9-10-11-12-13-14-15-30-38-25-23-26-29(18-33,37-26)27(35)31(36)22(16-20(4)24(31)34)32(23,40-30)21(5)17-28(25,39-30)19(2)3/h16,21-23,25-27,33,35-36H,2,6-15,17-18H2,1,3-5H3/t21-,22+,23-,25-,26-,27-,28-,29+,30-,31-,32+/m1/s1. The molecule has 3 aliphatic heterocycles. The van der Waals surface area contributed by atoms with Crippen molar-refractivity contribution in [3.8, 4) is 0 Å². The van der Waals surface area contributed by atoms with E-state index in [1.165, 1.54) is 38.5 Å². The number of carbonyl (C=O) groups is 1. The van der Waals surface area contributed by atoms with Gasteiger partial charge in [-0.3, -0.25) is 4.79 Å². The van der Waals surface area contributed by atoms with Crippen molar-refractivity contribution in [1.29, 1.82) is 0 Å². The van der Waals surface area contributed by atoms with Crippen LogP contribution in [-0.2, 0) is 23.7 Å². The quantitative estimate of drug-likeness (QED) is 0.186. The molecule has 0 aromatic carbocycles. The molecule has 0 radical (unpaired) electrons. The average molecular weight is 561 g/mol. The number of rotatable bonds is 12. The van der Waals surface area contributed by atoms with Gasteiger partial charge in [-0.1, -0.05) is 77.9 Å². The van der Waals surface area contributed by atoms with Crippen LogP contribution in [0.15, 0.2) is 23.8 Å². The molecule has 3 bridgehead atoms. The lowest BCUT2D eigenvalue weighted by molar-refractivity contribution is -0.430. The predicted octanol–water partition coefficient (Wildman–Crippen LogP) is 4.10. The fraction of sp³-hybridized carbons (Fsp3) is 0.844. The van der Waals surface area contributed by atoms with Crippen molar-refractivity contribution in [3.63, 3.8) is 0 Å². The molecule has 224 valence electrons. The smallest absolute Gasteiger partial charge is 0.284 e. The lowest BCUT2D eigenvalue weighted by atomic mass is 9.54. The van der Waals surface area contributed by atoms with E-state index in [0.29, 0.717) is 18.4 Å². The largest absolute Gasteiger partial charge is 0.393 e. The van der Waals surface area contributed by atoms with E-state index in [1.54, 1.807) is 13.0 Å². The highest BCUT2D eigenvalue weighted by atomic mass is 16.9. The van der Waals surface area contributed by atoms with Crippen LogP contribution in [0.3, 0.4) is 0 Å². The number of ketones is 1. The van der Waals surface area contributed by atoms with E-state index in [9.17, 15) is 20.1 Å². The maximum atomic E-state index is 13.5. The van der Waals surface area contributed by atoms with Crippen molar-refractivity contribution in [2.45, 2.75) is 145 Å². The molecule has 3 heterocycles. The molecule has 5 fully saturated rings. The van der Waals surface area contributed by atoms with Gasteiger partial charge in [-0.05, 0) is 43.8 Å². The lowest BCUT2D eigenvalue weighted by Crippen LogP contribution is -2.72. The Labute approximate surface area is 238 Å². The van der Waals surface area contributed by atoms with Crippen molar-refractivity contribution in [3.05, 3.63) is 23.8 Å². The number of Topliss-reactive ketones (excluding diaryl/α,β-unsaturated/α-hetero) is 1. The van der Waals surface area contributed by atoms with Gasteiger partial charge in [-0.15, -0.1) is 0 Å². The Balaban J connectivity index is 1.33. The van der Waals surface area contributed by atoms with E-state index in [2.05, 4.69) is 20.4 Å². The van der Waals surface area contributed by atoms with Crippen molar-refractivity contribution in [2.75, 3.05) is 6.61 Å². The first-order valence-electron chi connectivity index (χ1n) is 15.7. The van der Waals surface area contributed by atoms with E-state index >= 15 is 0 Å². The van der Waals surface area contributed by atoms with Crippen molar-refractivity contribution in [1.82, 2.24) is 0 Å². The minimum Gasteiger partial charge on any atom is -0.393 e. The molecule has 6 rings (SSSR count). The van der Waals surface area contributed by atoms with Crippen LogP contribution in [0.5, 0.6) is 0 Å². The molecule has 6 aliphatic rings. The van der Waals surface area contributed by atoms with Gasteiger partial charge < -0.3 is 34.3 Å². The second-order valence-corrected chi connectivity index (χ2v) is 13.7. The molecule has 8 nitrogen and oxygen atoms in total. The summed E-state index contributed by atoms with van der Waals surface area (Å²) in [6, 6.07) is 0. The van der Waals surface area contributed by atoms with E-state index in [0.717, 1.165) is 24.8 Å². The predicted molar refractivity (Wildman–Crippen MR) is 147 cm³/mol. The van der Waals surface area contributed by atoms with E-state index < -0.39 is 70.9 Å². The van der Waals surface area contributed by atoms with Crippen LogP contribution in [0, 0.1) is 17.8 Å². The number of carbonyl (C=O) groups excluding carboxylic acids is 1. The van der Waals surface area contributed by atoms with Gasteiger partial charge in [-0.2, -0.15) is 0 Å². The second kappa shape index (κ2) is 9.69. The van der Waals surface area contributed by atoms with Crippen LogP contribution in [-0.4, -0.2) is 74.4 Å². The van der Waals surface area contributed by atoms with Crippen LogP contribution >= 0.6 is 0 Å². The molecule has 3 saturated heterocycles. The monoisotopic (exact) mass is 560 g/mol. The fourth-order valence-electron chi connectivity index (χ4n) is 9.19. The van der Waals surface area contributed by atoms with Gasteiger partial charge in [0.05, 0.1) is 12.2 Å². The molecule has 8 heteroatoms. The van der Waals surface area contributed by atoms with Crippen LogP contribution in [0.25, 0.3) is 0 Å². The minimum absolute atomic E-state index is 0.184. The van der Waals surface area contributed by atoms with Crippen LogP contribution in [0.2, 0.25) is 0 Å². The molecular weight excluding hydrogens is 512 g/mol. The Morgan fingerprint density at radius 3 is 2.33 bits per heavy atom.